The maximum atomic E-state index is 2.38. The summed E-state index contributed by atoms with van der Waals surface area (Å²) in [4.78, 5) is 4.75. The topological polar surface area (TPSA) is 6.48 Å². The Kier molecular flexibility index (Phi) is 3.41. The highest BCUT2D eigenvalue weighted by Crippen LogP contribution is 2.04. The summed E-state index contributed by atoms with van der Waals surface area (Å²) in [6, 6.07) is 10.5. The molecule has 2 nitrogen and oxygen atoms in total. The molecule has 1 aromatic rings. The monoisotopic (exact) mass is 202 g/mol. The molecule has 2 heteroatoms. The first-order valence-electron chi connectivity index (χ1n) is 5.50. The van der Waals surface area contributed by atoms with E-state index < -0.39 is 0 Å². The van der Waals surface area contributed by atoms with E-state index in [0.29, 0.717) is 0 Å². The van der Waals surface area contributed by atoms with E-state index in [4.69, 9.17) is 0 Å². The van der Waals surface area contributed by atoms with Gasteiger partial charge < -0.3 is 9.80 Å². The van der Waals surface area contributed by atoms with E-state index >= 15 is 0 Å². The third-order valence-corrected chi connectivity index (χ3v) is 2.82. The molecule has 1 aliphatic heterocycles. The second kappa shape index (κ2) is 4.99. The summed E-state index contributed by atoms with van der Waals surface area (Å²) in [6.45, 7) is 4.61. The number of benzene rings is 1. The Hall–Kier alpha value is -1.28. The van der Waals surface area contributed by atoms with Crippen molar-refractivity contribution in [2.45, 2.75) is 0 Å². The maximum absolute atomic E-state index is 2.38. The molecule has 1 heterocycles. The van der Waals surface area contributed by atoms with Crippen LogP contribution in [0.1, 0.15) is 5.56 Å². The lowest BCUT2D eigenvalue weighted by Crippen LogP contribution is -2.41. The highest BCUT2D eigenvalue weighted by atomic mass is 15.2. The van der Waals surface area contributed by atoms with Crippen molar-refractivity contribution >= 4 is 6.08 Å². The molecule has 0 saturated carbocycles. The number of rotatable bonds is 2. The van der Waals surface area contributed by atoms with Gasteiger partial charge in [-0.25, -0.2) is 0 Å². The number of nitrogens with zero attached hydrogens (tertiary/aromatic N) is 2. The van der Waals surface area contributed by atoms with Crippen molar-refractivity contribution in [2.75, 3.05) is 33.2 Å². The summed E-state index contributed by atoms with van der Waals surface area (Å²) in [5.41, 5.74) is 1.27. The Balaban J connectivity index is 1.89. The van der Waals surface area contributed by atoms with E-state index in [1.165, 1.54) is 18.7 Å². The molecule has 1 aromatic carbocycles. The van der Waals surface area contributed by atoms with Crippen LogP contribution in [0.4, 0.5) is 0 Å². The van der Waals surface area contributed by atoms with Gasteiger partial charge in [-0.05, 0) is 24.9 Å². The van der Waals surface area contributed by atoms with Gasteiger partial charge in [0.2, 0.25) is 0 Å². The first-order valence-corrected chi connectivity index (χ1v) is 5.50. The highest BCUT2D eigenvalue weighted by Gasteiger charge is 2.09. The number of hydrogen-bond acceptors (Lipinski definition) is 2. The fraction of sp³-hybridized carbons (Fsp3) is 0.385. The summed E-state index contributed by atoms with van der Waals surface area (Å²) in [5, 5.41) is 0. The Morgan fingerprint density at radius 1 is 1.00 bits per heavy atom. The van der Waals surface area contributed by atoms with Gasteiger partial charge >= 0.3 is 0 Å². The molecular formula is C13H18N2. The van der Waals surface area contributed by atoms with E-state index in [9.17, 15) is 0 Å². The maximum Gasteiger partial charge on any atom is 0.0300 e. The van der Waals surface area contributed by atoms with Crippen molar-refractivity contribution in [1.29, 1.82) is 0 Å². The van der Waals surface area contributed by atoms with Crippen LogP contribution >= 0.6 is 0 Å². The van der Waals surface area contributed by atoms with Gasteiger partial charge in [0.05, 0.1) is 0 Å². The van der Waals surface area contributed by atoms with Gasteiger partial charge in [0, 0.05) is 26.2 Å². The van der Waals surface area contributed by atoms with Gasteiger partial charge in [0.1, 0.15) is 0 Å². The molecule has 2 rings (SSSR count). The average Bonchev–Trinajstić information content (AvgIpc) is 2.30. The van der Waals surface area contributed by atoms with Gasteiger partial charge in [-0.3, -0.25) is 0 Å². The summed E-state index contributed by atoms with van der Waals surface area (Å²) < 4.78 is 0. The summed E-state index contributed by atoms with van der Waals surface area (Å²) in [5.74, 6) is 0. The highest BCUT2D eigenvalue weighted by molar-refractivity contribution is 5.48. The minimum atomic E-state index is 1.14. The first-order chi connectivity index (χ1) is 7.34. The molecule has 1 aliphatic rings. The van der Waals surface area contributed by atoms with Crippen LogP contribution in [0.2, 0.25) is 0 Å². The van der Waals surface area contributed by atoms with Crippen molar-refractivity contribution in [2.24, 2.45) is 0 Å². The molecule has 0 aromatic heterocycles. The van der Waals surface area contributed by atoms with Crippen molar-refractivity contribution in [3.63, 3.8) is 0 Å². The van der Waals surface area contributed by atoms with Crippen LogP contribution in [0.3, 0.4) is 0 Å². The van der Waals surface area contributed by atoms with E-state index in [1.54, 1.807) is 0 Å². The summed E-state index contributed by atoms with van der Waals surface area (Å²) >= 11 is 0. The molecule has 80 valence electrons. The molecule has 1 fully saturated rings. The van der Waals surface area contributed by atoms with E-state index in [-0.39, 0.29) is 0 Å². The van der Waals surface area contributed by atoms with E-state index in [2.05, 4.69) is 53.4 Å². The van der Waals surface area contributed by atoms with E-state index in [0.717, 1.165) is 13.1 Å². The van der Waals surface area contributed by atoms with Crippen LogP contribution in [0.15, 0.2) is 36.5 Å². The third kappa shape index (κ3) is 3.10. The minimum absolute atomic E-state index is 1.14. The Morgan fingerprint density at radius 3 is 2.33 bits per heavy atom. The summed E-state index contributed by atoms with van der Waals surface area (Å²) in [6.07, 6.45) is 4.40. The van der Waals surface area contributed by atoms with Crippen LogP contribution < -0.4 is 0 Å². The molecule has 0 bridgehead atoms. The van der Waals surface area contributed by atoms with Crippen LogP contribution in [0.5, 0.6) is 0 Å². The van der Waals surface area contributed by atoms with Crippen LogP contribution in [0.25, 0.3) is 6.08 Å². The third-order valence-electron chi connectivity index (χ3n) is 2.82. The van der Waals surface area contributed by atoms with Gasteiger partial charge in [-0.1, -0.05) is 30.3 Å². The predicted octanol–water partition coefficient (Wildman–Crippen LogP) is 1.90. The Morgan fingerprint density at radius 2 is 1.67 bits per heavy atom. The van der Waals surface area contributed by atoms with E-state index in [1.807, 2.05) is 6.07 Å². The molecule has 0 amide bonds. The largest absolute Gasteiger partial charge is 0.375 e. The zero-order chi connectivity index (χ0) is 10.5. The molecule has 15 heavy (non-hydrogen) atoms. The second-order valence-corrected chi connectivity index (χ2v) is 4.07. The lowest BCUT2D eigenvalue weighted by atomic mass is 10.2. The quantitative estimate of drug-likeness (QED) is 0.723. The number of piperazine rings is 1. The van der Waals surface area contributed by atoms with Crippen molar-refractivity contribution in [1.82, 2.24) is 9.80 Å². The number of hydrogen-bond donors (Lipinski definition) is 0. The van der Waals surface area contributed by atoms with Gasteiger partial charge in [-0.15, -0.1) is 0 Å². The molecule has 0 radical (unpaired) electrons. The van der Waals surface area contributed by atoms with Crippen LogP contribution in [-0.2, 0) is 0 Å². The van der Waals surface area contributed by atoms with Gasteiger partial charge in [0.25, 0.3) is 0 Å². The normalized spacial score (nSPS) is 18.6. The smallest absolute Gasteiger partial charge is 0.0300 e. The zero-order valence-electron chi connectivity index (χ0n) is 9.26. The molecule has 0 aliphatic carbocycles. The molecule has 0 N–H and O–H groups in total. The fourth-order valence-corrected chi connectivity index (χ4v) is 1.73. The molecular weight excluding hydrogens is 184 g/mol. The lowest BCUT2D eigenvalue weighted by Gasteiger charge is -2.31. The predicted molar refractivity (Wildman–Crippen MR) is 64.5 cm³/mol. The first kappa shape index (κ1) is 10.2. The van der Waals surface area contributed by atoms with Gasteiger partial charge in [0.15, 0.2) is 0 Å². The second-order valence-electron chi connectivity index (χ2n) is 4.07. The van der Waals surface area contributed by atoms with Crippen LogP contribution in [-0.4, -0.2) is 43.0 Å². The lowest BCUT2D eigenvalue weighted by molar-refractivity contribution is 0.199. The van der Waals surface area contributed by atoms with Crippen molar-refractivity contribution < 1.29 is 0 Å². The SMILES string of the molecule is CN1CCN(C=Cc2ccccc2)CC1. The summed E-state index contributed by atoms with van der Waals surface area (Å²) in [7, 11) is 2.18. The number of likely N-dealkylation sites (N-methyl/N-ethyl adjacent to an activating group) is 1. The molecule has 0 unspecified atom stereocenters. The minimum Gasteiger partial charge on any atom is -0.375 e. The zero-order valence-corrected chi connectivity index (χ0v) is 9.26. The van der Waals surface area contributed by atoms with Crippen molar-refractivity contribution in [3.8, 4) is 0 Å². The molecule has 1 saturated heterocycles. The Labute approximate surface area is 91.8 Å². The molecule has 0 spiro atoms. The Bertz CT molecular complexity index is 311. The average molecular weight is 202 g/mol. The fourth-order valence-electron chi connectivity index (χ4n) is 1.73. The standard InChI is InChI=1S/C13H18N2/c1-14-9-11-15(12-10-14)8-7-13-5-3-2-4-6-13/h2-8H,9-12H2,1H3. The van der Waals surface area contributed by atoms with Crippen molar-refractivity contribution in [3.05, 3.63) is 42.1 Å². The van der Waals surface area contributed by atoms with Gasteiger partial charge in [-0.2, -0.15) is 0 Å². The molecule has 0 atom stereocenters. The van der Waals surface area contributed by atoms with Crippen LogP contribution in [0, 0.1) is 0 Å².